The second-order valence-corrected chi connectivity index (χ2v) is 5.50. The Hall–Kier alpha value is -3.47. The predicted molar refractivity (Wildman–Crippen MR) is 82.6 cm³/mol. The molecule has 0 saturated carbocycles. The predicted octanol–water partition coefficient (Wildman–Crippen LogP) is 2.43. The van der Waals surface area contributed by atoms with Crippen LogP contribution >= 0.6 is 0 Å². The molecular formula is C15H9F2N3O6. The van der Waals surface area contributed by atoms with Gasteiger partial charge in [-0.05, 0) is 12.1 Å². The first-order valence-corrected chi connectivity index (χ1v) is 7.05. The minimum Gasteiger partial charge on any atom is -0.370 e. The van der Waals surface area contributed by atoms with Crippen molar-refractivity contribution in [3.8, 4) is 0 Å². The van der Waals surface area contributed by atoms with E-state index >= 15 is 8.78 Å². The molecule has 1 amide bonds. The summed E-state index contributed by atoms with van der Waals surface area (Å²) in [6.07, 6.45) is 0. The number of hydrogen-bond acceptors (Lipinski definition) is 6. The molecule has 1 unspecified atom stereocenters. The van der Waals surface area contributed by atoms with Crippen molar-refractivity contribution in [2.75, 3.05) is 5.32 Å². The number of alkyl halides is 2. The highest BCUT2D eigenvalue weighted by molar-refractivity contribution is 6.05. The molecule has 26 heavy (non-hydrogen) atoms. The number of hydrogen-bond donors (Lipinski definition) is 2. The molecule has 0 aliphatic carbocycles. The number of halogens is 2. The average molecular weight is 365 g/mol. The van der Waals surface area contributed by atoms with Crippen molar-refractivity contribution in [2.24, 2.45) is 0 Å². The number of non-ortho nitro benzene ring substituents is 1. The average Bonchev–Trinajstić information content (AvgIpc) is 2.86. The molecule has 1 aliphatic rings. The van der Waals surface area contributed by atoms with Crippen molar-refractivity contribution in [1.29, 1.82) is 0 Å². The molecule has 9 nitrogen and oxygen atoms in total. The van der Waals surface area contributed by atoms with Gasteiger partial charge in [0.05, 0.1) is 15.9 Å². The van der Waals surface area contributed by atoms with Gasteiger partial charge in [0.25, 0.3) is 17.3 Å². The monoisotopic (exact) mass is 365 g/mol. The summed E-state index contributed by atoms with van der Waals surface area (Å²) in [6.45, 7) is 0. The Labute approximate surface area is 143 Å². The quantitative estimate of drug-likeness (QED) is 0.631. The molecule has 2 N–H and O–H groups in total. The number of nitro benzene ring substituents is 2. The lowest BCUT2D eigenvalue weighted by atomic mass is 9.84. The van der Waals surface area contributed by atoms with Gasteiger partial charge in [-0.1, -0.05) is 18.2 Å². The van der Waals surface area contributed by atoms with Gasteiger partial charge in [-0.25, -0.2) is 0 Å². The van der Waals surface area contributed by atoms with Crippen molar-refractivity contribution >= 4 is 23.0 Å². The normalized spacial score (nSPS) is 19.0. The Morgan fingerprint density at radius 3 is 2.35 bits per heavy atom. The summed E-state index contributed by atoms with van der Waals surface area (Å²) < 4.78 is 30.3. The minimum atomic E-state index is -4.44. The molecule has 0 saturated heterocycles. The Morgan fingerprint density at radius 2 is 1.73 bits per heavy atom. The van der Waals surface area contributed by atoms with Gasteiger partial charge < -0.3 is 10.4 Å². The van der Waals surface area contributed by atoms with Crippen molar-refractivity contribution < 1.29 is 28.5 Å². The molecule has 0 aromatic heterocycles. The SMILES string of the molecule is O=C1Nc2ccccc2C1(O)C(F)(F)c1ccc([N+](=O)[O-])cc1[N+](=O)[O-]. The van der Waals surface area contributed by atoms with Crippen LogP contribution in [-0.4, -0.2) is 20.9 Å². The summed E-state index contributed by atoms with van der Waals surface area (Å²) in [6, 6.07) is 6.57. The zero-order chi connectivity index (χ0) is 19.3. The molecule has 134 valence electrons. The van der Waals surface area contributed by atoms with Gasteiger partial charge in [0.1, 0.15) is 5.56 Å². The van der Waals surface area contributed by atoms with Gasteiger partial charge in [-0.2, -0.15) is 8.78 Å². The third-order valence-corrected chi connectivity index (χ3v) is 4.08. The van der Waals surface area contributed by atoms with E-state index < -0.39 is 49.8 Å². The third kappa shape index (κ3) is 2.21. The van der Waals surface area contributed by atoms with E-state index in [-0.39, 0.29) is 5.69 Å². The number of carbonyl (C=O) groups excluding carboxylic acids is 1. The molecule has 3 rings (SSSR count). The van der Waals surface area contributed by atoms with Crippen molar-refractivity contribution in [2.45, 2.75) is 11.5 Å². The lowest BCUT2D eigenvalue weighted by Gasteiger charge is -2.30. The van der Waals surface area contributed by atoms with E-state index in [2.05, 4.69) is 5.32 Å². The number of para-hydroxylation sites is 1. The maximum absolute atomic E-state index is 15.1. The number of nitrogens with one attached hydrogen (secondary N) is 1. The Bertz CT molecular complexity index is 964. The minimum absolute atomic E-state index is 0.0655. The zero-order valence-electron chi connectivity index (χ0n) is 12.7. The summed E-state index contributed by atoms with van der Waals surface area (Å²) in [4.78, 5) is 31.8. The van der Waals surface area contributed by atoms with E-state index in [0.29, 0.717) is 18.2 Å². The molecule has 2 aromatic carbocycles. The summed E-state index contributed by atoms with van der Waals surface area (Å²) in [5.74, 6) is -5.90. The highest BCUT2D eigenvalue weighted by Gasteiger charge is 2.65. The van der Waals surface area contributed by atoms with Crippen LogP contribution in [0.25, 0.3) is 0 Å². The van der Waals surface area contributed by atoms with E-state index in [9.17, 15) is 30.1 Å². The largest absolute Gasteiger partial charge is 0.370 e. The number of carbonyl (C=O) groups is 1. The summed E-state index contributed by atoms with van der Waals surface area (Å²) in [5.41, 5.74) is -7.31. The number of benzene rings is 2. The number of amides is 1. The fourth-order valence-electron chi connectivity index (χ4n) is 2.80. The zero-order valence-corrected chi connectivity index (χ0v) is 12.7. The van der Waals surface area contributed by atoms with Crippen LogP contribution in [0.2, 0.25) is 0 Å². The van der Waals surface area contributed by atoms with Gasteiger partial charge >= 0.3 is 5.92 Å². The fourth-order valence-corrected chi connectivity index (χ4v) is 2.80. The van der Waals surface area contributed by atoms with Crippen molar-refractivity contribution in [1.82, 2.24) is 0 Å². The molecule has 11 heteroatoms. The molecule has 0 spiro atoms. The van der Waals surface area contributed by atoms with Crippen LogP contribution in [0, 0.1) is 20.2 Å². The standard InChI is InChI=1S/C15H9F2N3O6/c16-15(17,10-6-5-8(19(23)24)7-12(10)20(25)26)14(22)9-3-1-2-4-11(9)18-13(14)21/h1-7,22H,(H,18,21). The van der Waals surface area contributed by atoms with Gasteiger partial charge in [0.2, 0.25) is 5.60 Å². The highest BCUT2D eigenvalue weighted by Crippen LogP contribution is 2.53. The summed E-state index contributed by atoms with van der Waals surface area (Å²) in [7, 11) is 0. The van der Waals surface area contributed by atoms with Crippen LogP contribution in [0.1, 0.15) is 11.1 Å². The second kappa shape index (κ2) is 5.52. The molecular weight excluding hydrogens is 356 g/mol. The number of nitro groups is 2. The number of aliphatic hydroxyl groups is 1. The Balaban J connectivity index is 2.25. The topological polar surface area (TPSA) is 136 Å². The van der Waals surface area contributed by atoms with Crippen LogP contribution in [-0.2, 0) is 16.3 Å². The van der Waals surface area contributed by atoms with Crippen LogP contribution in [0.5, 0.6) is 0 Å². The first-order valence-electron chi connectivity index (χ1n) is 7.05. The number of rotatable bonds is 4. The van der Waals surface area contributed by atoms with E-state index in [1.165, 1.54) is 18.2 Å². The van der Waals surface area contributed by atoms with E-state index in [1.807, 2.05) is 0 Å². The highest BCUT2D eigenvalue weighted by atomic mass is 19.3. The maximum atomic E-state index is 15.1. The van der Waals surface area contributed by atoms with Gasteiger partial charge in [0, 0.05) is 17.3 Å². The van der Waals surface area contributed by atoms with E-state index in [4.69, 9.17) is 0 Å². The molecule has 1 atom stereocenters. The lowest BCUT2D eigenvalue weighted by Crippen LogP contribution is -2.48. The van der Waals surface area contributed by atoms with Gasteiger partial charge in [-0.15, -0.1) is 0 Å². The van der Waals surface area contributed by atoms with Crippen molar-refractivity contribution in [3.63, 3.8) is 0 Å². The van der Waals surface area contributed by atoms with Crippen LogP contribution < -0.4 is 5.32 Å². The molecule has 1 heterocycles. The smallest absolute Gasteiger partial charge is 0.321 e. The van der Waals surface area contributed by atoms with Crippen LogP contribution in [0.15, 0.2) is 42.5 Å². The molecule has 0 bridgehead atoms. The molecule has 1 aliphatic heterocycles. The van der Waals surface area contributed by atoms with Gasteiger partial charge in [0.15, 0.2) is 0 Å². The second-order valence-electron chi connectivity index (χ2n) is 5.50. The molecule has 0 fully saturated rings. The van der Waals surface area contributed by atoms with E-state index in [0.717, 1.165) is 6.07 Å². The third-order valence-electron chi connectivity index (χ3n) is 4.08. The number of fused-ring (bicyclic) bond motifs is 1. The fraction of sp³-hybridized carbons (Fsp3) is 0.133. The lowest BCUT2D eigenvalue weighted by molar-refractivity contribution is -0.396. The summed E-state index contributed by atoms with van der Waals surface area (Å²) >= 11 is 0. The van der Waals surface area contributed by atoms with Crippen LogP contribution in [0.4, 0.5) is 25.8 Å². The molecule has 0 radical (unpaired) electrons. The first-order chi connectivity index (χ1) is 12.1. The molecule has 2 aromatic rings. The maximum Gasteiger partial charge on any atom is 0.321 e. The van der Waals surface area contributed by atoms with E-state index in [1.54, 1.807) is 0 Å². The number of anilines is 1. The Kier molecular flexibility index (Phi) is 3.69. The van der Waals surface area contributed by atoms with Crippen LogP contribution in [0.3, 0.4) is 0 Å². The first kappa shape index (κ1) is 17.4. The van der Waals surface area contributed by atoms with Crippen molar-refractivity contribution in [3.05, 3.63) is 73.8 Å². The summed E-state index contributed by atoms with van der Waals surface area (Å²) in [5, 5.41) is 34.6. The Morgan fingerprint density at radius 1 is 1.08 bits per heavy atom. The van der Waals surface area contributed by atoms with Gasteiger partial charge in [-0.3, -0.25) is 25.0 Å². The number of nitrogens with zero attached hydrogens (tertiary/aromatic N) is 2.